The molecule has 116 valence electrons. The summed E-state index contributed by atoms with van der Waals surface area (Å²) in [6.45, 7) is 8.55. The Morgan fingerprint density at radius 1 is 1.29 bits per heavy atom. The number of hydrogen-bond acceptors (Lipinski definition) is 1. The molecule has 0 amide bonds. The van der Waals surface area contributed by atoms with Gasteiger partial charge in [0, 0.05) is 0 Å². The molecular formula is C18H25FO2. The highest BCUT2D eigenvalue weighted by molar-refractivity contribution is 5.71. The minimum absolute atomic E-state index is 0.0869. The summed E-state index contributed by atoms with van der Waals surface area (Å²) < 4.78 is 13.6. The van der Waals surface area contributed by atoms with Crippen molar-refractivity contribution in [1.82, 2.24) is 0 Å². The third-order valence-electron chi connectivity index (χ3n) is 5.03. The van der Waals surface area contributed by atoms with Crippen LogP contribution in [0.3, 0.4) is 0 Å². The van der Waals surface area contributed by atoms with E-state index in [1.165, 1.54) is 12.1 Å². The zero-order valence-corrected chi connectivity index (χ0v) is 13.3. The van der Waals surface area contributed by atoms with Gasteiger partial charge < -0.3 is 5.11 Å². The molecule has 1 aromatic rings. The highest BCUT2D eigenvalue weighted by Gasteiger charge is 2.40. The smallest absolute Gasteiger partial charge is 0.307 e. The average Bonchev–Trinajstić information content (AvgIpc) is 2.39. The van der Waals surface area contributed by atoms with Crippen LogP contribution in [0.1, 0.15) is 57.1 Å². The van der Waals surface area contributed by atoms with Crippen molar-refractivity contribution in [2.75, 3.05) is 0 Å². The number of halogens is 1. The topological polar surface area (TPSA) is 37.3 Å². The standard InChI is InChI=1S/C18H25FO2/c1-11-5-7-13(19)10-15(11)16-9-12(18(2,3)4)6-8-14(16)17(20)21/h5,7,10,12,14,16H,6,8-9H2,1-4H3,(H,20,21). The Labute approximate surface area is 126 Å². The van der Waals surface area contributed by atoms with E-state index in [0.717, 1.165) is 24.0 Å². The Bertz CT molecular complexity index is 531. The van der Waals surface area contributed by atoms with Gasteiger partial charge in [-0.05, 0) is 66.7 Å². The zero-order chi connectivity index (χ0) is 15.8. The Balaban J connectivity index is 2.38. The zero-order valence-electron chi connectivity index (χ0n) is 13.3. The summed E-state index contributed by atoms with van der Waals surface area (Å²) in [6, 6.07) is 4.73. The summed E-state index contributed by atoms with van der Waals surface area (Å²) in [5, 5.41) is 9.53. The van der Waals surface area contributed by atoms with Gasteiger partial charge in [0.25, 0.3) is 0 Å². The number of hydrogen-bond donors (Lipinski definition) is 1. The van der Waals surface area contributed by atoms with Gasteiger partial charge in [0.1, 0.15) is 5.82 Å². The molecule has 0 saturated heterocycles. The molecule has 1 saturated carbocycles. The molecule has 0 heterocycles. The van der Waals surface area contributed by atoms with Crippen LogP contribution < -0.4 is 0 Å². The van der Waals surface area contributed by atoms with Crippen LogP contribution in [0.15, 0.2) is 18.2 Å². The van der Waals surface area contributed by atoms with Crippen molar-refractivity contribution < 1.29 is 14.3 Å². The summed E-state index contributed by atoms with van der Waals surface area (Å²) in [4.78, 5) is 11.6. The maximum absolute atomic E-state index is 13.6. The first-order valence-electron chi connectivity index (χ1n) is 7.69. The molecule has 0 bridgehead atoms. The molecule has 21 heavy (non-hydrogen) atoms. The molecule has 1 aliphatic rings. The van der Waals surface area contributed by atoms with Crippen LogP contribution in [-0.4, -0.2) is 11.1 Å². The fourth-order valence-corrected chi connectivity index (χ4v) is 3.61. The summed E-state index contributed by atoms with van der Waals surface area (Å²) >= 11 is 0. The highest BCUT2D eigenvalue weighted by Crippen LogP contribution is 2.47. The van der Waals surface area contributed by atoms with Gasteiger partial charge in [0.05, 0.1) is 5.92 Å². The van der Waals surface area contributed by atoms with Crippen molar-refractivity contribution in [3.8, 4) is 0 Å². The van der Waals surface area contributed by atoms with E-state index in [4.69, 9.17) is 0 Å². The summed E-state index contributed by atoms with van der Waals surface area (Å²) in [5.41, 5.74) is 2.02. The Morgan fingerprint density at radius 2 is 1.95 bits per heavy atom. The lowest BCUT2D eigenvalue weighted by atomic mass is 9.63. The fourth-order valence-electron chi connectivity index (χ4n) is 3.61. The monoisotopic (exact) mass is 292 g/mol. The molecule has 3 unspecified atom stereocenters. The van der Waals surface area contributed by atoms with Gasteiger partial charge in [0.15, 0.2) is 0 Å². The first-order chi connectivity index (χ1) is 9.70. The number of rotatable bonds is 2. The molecule has 0 spiro atoms. The van der Waals surface area contributed by atoms with Crippen LogP contribution in [0.5, 0.6) is 0 Å². The van der Waals surface area contributed by atoms with E-state index in [1.54, 1.807) is 6.07 Å². The second-order valence-electron chi connectivity index (χ2n) is 7.43. The van der Waals surface area contributed by atoms with Gasteiger partial charge in [0.2, 0.25) is 0 Å². The third-order valence-corrected chi connectivity index (χ3v) is 5.03. The molecule has 0 aliphatic heterocycles. The van der Waals surface area contributed by atoms with Gasteiger partial charge in [-0.1, -0.05) is 26.8 Å². The SMILES string of the molecule is Cc1ccc(F)cc1C1CC(C(C)(C)C)CCC1C(=O)O. The summed E-state index contributed by atoms with van der Waals surface area (Å²) in [5.74, 6) is -1.05. The van der Waals surface area contributed by atoms with Crippen LogP contribution in [0, 0.1) is 30.0 Å². The summed E-state index contributed by atoms with van der Waals surface area (Å²) in [7, 11) is 0. The maximum atomic E-state index is 13.6. The molecule has 2 rings (SSSR count). The molecule has 1 aliphatic carbocycles. The molecule has 1 fully saturated rings. The van der Waals surface area contributed by atoms with E-state index in [0.29, 0.717) is 12.3 Å². The van der Waals surface area contributed by atoms with E-state index in [2.05, 4.69) is 20.8 Å². The maximum Gasteiger partial charge on any atom is 0.307 e. The molecule has 1 aromatic carbocycles. The third kappa shape index (κ3) is 3.45. The van der Waals surface area contributed by atoms with Gasteiger partial charge in [-0.3, -0.25) is 4.79 Å². The number of aliphatic carboxylic acids is 1. The largest absolute Gasteiger partial charge is 0.481 e. The van der Waals surface area contributed by atoms with Crippen molar-refractivity contribution in [3.63, 3.8) is 0 Å². The van der Waals surface area contributed by atoms with E-state index in [1.807, 2.05) is 6.92 Å². The van der Waals surface area contributed by atoms with E-state index < -0.39 is 11.9 Å². The Morgan fingerprint density at radius 3 is 2.52 bits per heavy atom. The number of carboxylic acid groups (broad SMARTS) is 1. The van der Waals surface area contributed by atoms with Gasteiger partial charge in [-0.2, -0.15) is 0 Å². The lowest BCUT2D eigenvalue weighted by Gasteiger charge is -2.41. The number of carbonyl (C=O) groups is 1. The van der Waals surface area contributed by atoms with Crippen molar-refractivity contribution in [2.24, 2.45) is 17.3 Å². The molecule has 0 radical (unpaired) electrons. The first kappa shape index (κ1) is 16.0. The minimum Gasteiger partial charge on any atom is -0.481 e. The van der Waals surface area contributed by atoms with Crippen molar-refractivity contribution in [2.45, 2.75) is 52.9 Å². The predicted octanol–water partition coefficient (Wildman–Crippen LogP) is 4.76. The molecule has 1 N–H and O–H groups in total. The molecular weight excluding hydrogens is 267 g/mol. The van der Waals surface area contributed by atoms with Crippen LogP contribution in [0.4, 0.5) is 4.39 Å². The lowest BCUT2D eigenvalue weighted by molar-refractivity contribution is -0.144. The van der Waals surface area contributed by atoms with Gasteiger partial charge >= 0.3 is 5.97 Å². The number of carboxylic acids is 1. The lowest BCUT2D eigenvalue weighted by Crippen LogP contribution is -2.34. The summed E-state index contributed by atoms with van der Waals surface area (Å²) in [6.07, 6.45) is 2.44. The van der Waals surface area contributed by atoms with Crippen molar-refractivity contribution >= 4 is 5.97 Å². The van der Waals surface area contributed by atoms with Gasteiger partial charge in [-0.15, -0.1) is 0 Å². The molecule has 3 heteroatoms. The van der Waals surface area contributed by atoms with Crippen LogP contribution in [0.2, 0.25) is 0 Å². The minimum atomic E-state index is -0.754. The van der Waals surface area contributed by atoms with Crippen molar-refractivity contribution in [3.05, 3.63) is 35.1 Å². The quantitative estimate of drug-likeness (QED) is 0.853. The molecule has 2 nitrogen and oxygen atoms in total. The fraction of sp³-hybridized carbons (Fsp3) is 0.611. The van der Waals surface area contributed by atoms with Crippen LogP contribution >= 0.6 is 0 Å². The number of aryl methyl sites for hydroxylation is 1. The second kappa shape index (κ2) is 5.78. The van der Waals surface area contributed by atoms with E-state index in [-0.39, 0.29) is 17.2 Å². The number of benzene rings is 1. The first-order valence-corrected chi connectivity index (χ1v) is 7.69. The molecule has 3 atom stereocenters. The van der Waals surface area contributed by atoms with Crippen LogP contribution in [0.25, 0.3) is 0 Å². The second-order valence-corrected chi connectivity index (χ2v) is 7.43. The van der Waals surface area contributed by atoms with E-state index >= 15 is 0 Å². The molecule has 0 aromatic heterocycles. The van der Waals surface area contributed by atoms with E-state index in [9.17, 15) is 14.3 Å². The Hall–Kier alpha value is -1.38. The van der Waals surface area contributed by atoms with Crippen molar-refractivity contribution in [1.29, 1.82) is 0 Å². The normalized spacial score (nSPS) is 26.6. The van der Waals surface area contributed by atoms with Crippen LogP contribution in [-0.2, 0) is 4.79 Å². The predicted molar refractivity (Wildman–Crippen MR) is 81.8 cm³/mol. The highest BCUT2D eigenvalue weighted by atomic mass is 19.1. The average molecular weight is 292 g/mol. The van der Waals surface area contributed by atoms with Gasteiger partial charge in [-0.25, -0.2) is 4.39 Å². The Kier molecular flexibility index (Phi) is 4.40.